The zero-order valence-electron chi connectivity index (χ0n) is 10.5. The van der Waals surface area contributed by atoms with E-state index in [9.17, 15) is 9.59 Å². The lowest BCUT2D eigenvalue weighted by Gasteiger charge is -2.18. The number of hydrogen-bond donors (Lipinski definition) is 2. The summed E-state index contributed by atoms with van der Waals surface area (Å²) in [4.78, 5) is 31.1. The highest BCUT2D eigenvalue weighted by Gasteiger charge is 2.32. The van der Waals surface area contributed by atoms with Crippen molar-refractivity contribution in [1.82, 2.24) is 4.98 Å². The number of carbonyl (C=O) groups is 2. The number of aromatic nitrogens is 1. The SMILES string of the molecule is COC(=O)C(C)(C)O/N=C(/C(=O)O)c1csc(N)n1. The summed E-state index contributed by atoms with van der Waals surface area (Å²) in [6.07, 6.45) is 0. The quantitative estimate of drug-likeness (QED) is 0.458. The number of methoxy groups -OCH3 is 1. The standard InChI is InChI=1S/C10H13N3O5S/c1-10(2,8(16)17-3)18-13-6(7(14)15)5-4-19-9(11)12-5/h4H,1-3H3,(H2,11,12)(H,14,15)/b13-6+. The molecule has 0 amide bonds. The van der Waals surface area contributed by atoms with Crippen molar-refractivity contribution >= 4 is 34.1 Å². The Kier molecular flexibility index (Phi) is 4.43. The predicted molar refractivity (Wildman–Crippen MR) is 67.9 cm³/mol. The van der Waals surface area contributed by atoms with Crippen LogP contribution in [0.15, 0.2) is 10.5 Å². The average molecular weight is 287 g/mol. The summed E-state index contributed by atoms with van der Waals surface area (Å²) in [7, 11) is 1.19. The van der Waals surface area contributed by atoms with Gasteiger partial charge < -0.3 is 20.4 Å². The third-order valence-corrected chi connectivity index (χ3v) is 2.68. The van der Waals surface area contributed by atoms with Gasteiger partial charge in [0.2, 0.25) is 11.3 Å². The molecule has 19 heavy (non-hydrogen) atoms. The molecule has 3 N–H and O–H groups in total. The van der Waals surface area contributed by atoms with E-state index in [2.05, 4.69) is 14.9 Å². The molecule has 1 aromatic rings. The van der Waals surface area contributed by atoms with Gasteiger partial charge in [0.25, 0.3) is 0 Å². The van der Waals surface area contributed by atoms with Crippen LogP contribution >= 0.6 is 11.3 Å². The molecule has 1 heterocycles. The molecule has 9 heteroatoms. The van der Waals surface area contributed by atoms with Gasteiger partial charge in [-0.25, -0.2) is 14.6 Å². The van der Waals surface area contributed by atoms with Gasteiger partial charge in [0.15, 0.2) is 5.13 Å². The van der Waals surface area contributed by atoms with Crippen molar-refractivity contribution in [3.05, 3.63) is 11.1 Å². The van der Waals surface area contributed by atoms with E-state index in [0.29, 0.717) is 0 Å². The Labute approximate surface area is 112 Å². The van der Waals surface area contributed by atoms with Crippen molar-refractivity contribution in [2.45, 2.75) is 19.4 Å². The number of oxime groups is 1. The Morgan fingerprint density at radius 2 is 2.16 bits per heavy atom. The van der Waals surface area contributed by atoms with Crippen molar-refractivity contribution in [1.29, 1.82) is 0 Å². The summed E-state index contributed by atoms with van der Waals surface area (Å²) in [5.41, 5.74) is 3.63. The van der Waals surface area contributed by atoms with E-state index in [1.165, 1.54) is 26.3 Å². The molecule has 8 nitrogen and oxygen atoms in total. The topological polar surface area (TPSA) is 124 Å². The second-order valence-electron chi connectivity index (χ2n) is 3.91. The first kappa shape index (κ1) is 14.9. The molecule has 0 radical (unpaired) electrons. The van der Waals surface area contributed by atoms with Crippen LogP contribution in [0, 0.1) is 0 Å². The smallest absolute Gasteiger partial charge is 0.360 e. The molecule has 0 aliphatic rings. The van der Waals surface area contributed by atoms with Gasteiger partial charge in [-0.2, -0.15) is 0 Å². The van der Waals surface area contributed by atoms with Crippen LogP contribution in [0.5, 0.6) is 0 Å². The molecule has 1 rings (SSSR count). The van der Waals surface area contributed by atoms with Gasteiger partial charge in [-0.15, -0.1) is 11.3 Å². The van der Waals surface area contributed by atoms with Crippen LogP contribution in [0.3, 0.4) is 0 Å². The van der Waals surface area contributed by atoms with E-state index < -0.39 is 23.3 Å². The van der Waals surface area contributed by atoms with Crippen molar-refractivity contribution in [2.24, 2.45) is 5.16 Å². The van der Waals surface area contributed by atoms with E-state index in [1.54, 1.807) is 0 Å². The molecule has 0 spiro atoms. The maximum atomic E-state index is 11.4. The molecule has 1 aromatic heterocycles. The molecule has 0 fully saturated rings. The van der Waals surface area contributed by atoms with Gasteiger partial charge >= 0.3 is 11.9 Å². The molecule has 0 saturated carbocycles. The van der Waals surface area contributed by atoms with Gasteiger partial charge in [0, 0.05) is 5.38 Å². The molecule has 0 aliphatic carbocycles. The number of hydrogen-bond acceptors (Lipinski definition) is 8. The Bertz CT molecular complexity index is 523. The number of carboxylic acids is 1. The maximum absolute atomic E-state index is 11.4. The Morgan fingerprint density at radius 1 is 1.53 bits per heavy atom. The third kappa shape index (κ3) is 3.65. The minimum atomic E-state index is -1.41. The Hall–Kier alpha value is -2.16. The minimum Gasteiger partial charge on any atom is -0.476 e. The number of nitrogens with two attached hydrogens (primary N) is 1. The summed E-state index contributed by atoms with van der Waals surface area (Å²) < 4.78 is 4.50. The lowest BCUT2D eigenvalue weighted by atomic mass is 10.1. The summed E-state index contributed by atoms with van der Waals surface area (Å²) >= 11 is 1.07. The van der Waals surface area contributed by atoms with Gasteiger partial charge in [0.1, 0.15) is 5.69 Å². The van der Waals surface area contributed by atoms with Gasteiger partial charge in [-0.1, -0.05) is 5.16 Å². The monoisotopic (exact) mass is 287 g/mol. The van der Waals surface area contributed by atoms with Crippen LogP contribution < -0.4 is 5.73 Å². The number of aliphatic carboxylic acids is 1. The lowest BCUT2D eigenvalue weighted by molar-refractivity contribution is -0.165. The highest BCUT2D eigenvalue weighted by Crippen LogP contribution is 2.15. The van der Waals surface area contributed by atoms with Gasteiger partial charge in [0.05, 0.1) is 7.11 Å². The molecule has 0 aromatic carbocycles. The summed E-state index contributed by atoms with van der Waals surface area (Å²) in [5, 5.41) is 14.1. The van der Waals surface area contributed by atoms with Crippen LogP contribution in [0.4, 0.5) is 5.13 Å². The molecular formula is C10H13N3O5S. The van der Waals surface area contributed by atoms with Crippen molar-refractivity contribution in [3.63, 3.8) is 0 Å². The van der Waals surface area contributed by atoms with Crippen molar-refractivity contribution < 1.29 is 24.3 Å². The number of carboxylic acid groups (broad SMARTS) is 1. The lowest BCUT2D eigenvalue weighted by Crippen LogP contribution is -2.35. The predicted octanol–water partition coefficient (Wildman–Crippen LogP) is 0.482. The number of rotatable bonds is 5. The molecular weight excluding hydrogens is 274 g/mol. The summed E-state index contributed by atoms with van der Waals surface area (Å²) in [6.45, 7) is 2.80. The third-order valence-electron chi connectivity index (χ3n) is 2.01. The number of carbonyl (C=O) groups excluding carboxylic acids is 1. The van der Waals surface area contributed by atoms with Crippen LogP contribution in [0.1, 0.15) is 19.5 Å². The normalized spacial score (nSPS) is 12.1. The average Bonchev–Trinajstić information content (AvgIpc) is 2.74. The number of thiazole rings is 1. The number of esters is 1. The summed E-state index contributed by atoms with van der Waals surface area (Å²) in [5.74, 6) is -2.02. The van der Waals surface area contributed by atoms with Crippen molar-refractivity contribution in [3.8, 4) is 0 Å². The molecule has 0 bridgehead atoms. The fourth-order valence-electron chi connectivity index (χ4n) is 1.03. The second-order valence-corrected chi connectivity index (χ2v) is 4.80. The highest BCUT2D eigenvalue weighted by molar-refractivity contribution is 7.13. The Morgan fingerprint density at radius 3 is 2.58 bits per heavy atom. The number of nitrogen functional groups attached to an aromatic ring is 1. The molecule has 0 saturated heterocycles. The van der Waals surface area contributed by atoms with E-state index >= 15 is 0 Å². The highest BCUT2D eigenvalue weighted by atomic mass is 32.1. The number of ether oxygens (including phenoxy) is 1. The van der Waals surface area contributed by atoms with Crippen LogP contribution in [-0.2, 0) is 19.2 Å². The van der Waals surface area contributed by atoms with E-state index in [1.807, 2.05) is 0 Å². The second kappa shape index (κ2) is 5.65. The van der Waals surface area contributed by atoms with Gasteiger partial charge in [-0.05, 0) is 13.8 Å². The first-order valence-corrected chi connectivity index (χ1v) is 5.95. The van der Waals surface area contributed by atoms with E-state index in [-0.39, 0.29) is 10.8 Å². The zero-order chi connectivity index (χ0) is 14.6. The van der Waals surface area contributed by atoms with E-state index in [0.717, 1.165) is 11.3 Å². The first-order valence-electron chi connectivity index (χ1n) is 5.07. The largest absolute Gasteiger partial charge is 0.476 e. The fourth-order valence-corrected chi connectivity index (χ4v) is 1.58. The minimum absolute atomic E-state index is 0.0654. The molecule has 0 aliphatic heterocycles. The summed E-state index contributed by atoms with van der Waals surface area (Å²) in [6, 6.07) is 0. The van der Waals surface area contributed by atoms with Crippen molar-refractivity contribution in [2.75, 3.05) is 12.8 Å². The van der Waals surface area contributed by atoms with Crippen LogP contribution in [0.25, 0.3) is 0 Å². The Balaban J connectivity index is 2.98. The van der Waals surface area contributed by atoms with Gasteiger partial charge in [-0.3, -0.25) is 0 Å². The number of anilines is 1. The van der Waals surface area contributed by atoms with Crippen LogP contribution in [-0.4, -0.2) is 40.5 Å². The number of nitrogens with zero attached hydrogens (tertiary/aromatic N) is 2. The fraction of sp³-hybridized carbons (Fsp3) is 0.400. The van der Waals surface area contributed by atoms with E-state index in [4.69, 9.17) is 15.7 Å². The molecule has 0 unspecified atom stereocenters. The molecule has 0 atom stereocenters. The zero-order valence-corrected chi connectivity index (χ0v) is 11.4. The molecule has 104 valence electrons. The van der Waals surface area contributed by atoms with Crippen LogP contribution in [0.2, 0.25) is 0 Å². The first-order chi connectivity index (χ1) is 8.77. The maximum Gasteiger partial charge on any atom is 0.360 e.